The van der Waals surface area contributed by atoms with E-state index in [0.29, 0.717) is 42.9 Å². The molecule has 2 aromatic carbocycles. The van der Waals surface area contributed by atoms with Crippen LogP contribution >= 0.6 is 11.3 Å². The van der Waals surface area contributed by atoms with Gasteiger partial charge in [0.1, 0.15) is 6.10 Å². The van der Waals surface area contributed by atoms with Crippen molar-refractivity contribution in [2.45, 2.75) is 51.2 Å². The zero-order chi connectivity index (χ0) is 23.4. The Hall–Kier alpha value is -3.13. The molecule has 4 rings (SSSR count). The number of methoxy groups -OCH3 is 1. The lowest BCUT2D eigenvalue weighted by molar-refractivity contribution is -0.148. The molecule has 1 aliphatic rings. The maximum absolute atomic E-state index is 13.1. The number of rotatable bonds is 7. The number of carbonyl (C=O) groups is 2. The largest absolute Gasteiger partial charge is 0.493 e. The van der Waals surface area contributed by atoms with Gasteiger partial charge in [-0.1, -0.05) is 6.07 Å². The molecule has 3 atom stereocenters. The van der Waals surface area contributed by atoms with E-state index in [4.69, 9.17) is 14.2 Å². The summed E-state index contributed by atoms with van der Waals surface area (Å²) in [6.07, 6.45) is 1.83. The van der Waals surface area contributed by atoms with Gasteiger partial charge in [-0.25, -0.2) is 4.98 Å². The molecule has 0 bridgehead atoms. The molecule has 0 radical (unpaired) electrons. The van der Waals surface area contributed by atoms with Gasteiger partial charge in [0, 0.05) is 24.4 Å². The van der Waals surface area contributed by atoms with Crippen LogP contribution in [-0.2, 0) is 9.53 Å². The van der Waals surface area contributed by atoms with Crippen LogP contribution < -0.4 is 14.8 Å². The van der Waals surface area contributed by atoms with Gasteiger partial charge in [0.25, 0.3) is 5.91 Å². The predicted molar refractivity (Wildman–Crippen MR) is 127 cm³/mol. The lowest BCUT2D eigenvalue weighted by Crippen LogP contribution is -2.44. The number of fused-ring (bicyclic) bond motifs is 1. The number of carbonyl (C=O) groups excluding carboxylic acids is 2. The van der Waals surface area contributed by atoms with Crippen molar-refractivity contribution in [1.29, 1.82) is 0 Å². The van der Waals surface area contributed by atoms with Crippen molar-refractivity contribution < 1.29 is 23.8 Å². The Morgan fingerprint density at radius 2 is 2.00 bits per heavy atom. The standard InChI is InChI=1S/C25H28N2O5S/c1-4-31-23-11-16(6-10-22(23)30-3)19-13-18(32-15(2)28)7-9-20(19)27-25(29)17-5-8-21-24(12-17)33-14-26-21/h5-6,8,10-12,14,18-20H,4,7,9,13H2,1-3H3,(H,27,29)/t18-,19?,20?/m1/s1. The van der Waals surface area contributed by atoms with Crippen LogP contribution in [0.25, 0.3) is 10.2 Å². The number of benzene rings is 2. The molecule has 0 spiro atoms. The van der Waals surface area contributed by atoms with E-state index in [1.807, 2.05) is 37.3 Å². The van der Waals surface area contributed by atoms with Gasteiger partial charge in [-0.05, 0) is 62.1 Å². The van der Waals surface area contributed by atoms with Crippen LogP contribution in [0.3, 0.4) is 0 Å². The number of ether oxygens (including phenoxy) is 3. The number of hydrogen-bond acceptors (Lipinski definition) is 7. The molecule has 1 N–H and O–H groups in total. The van der Waals surface area contributed by atoms with Crippen molar-refractivity contribution in [1.82, 2.24) is 10.3 Å². The first kappa shape index (κ1) is 23.0. The minimum Gasteiger partial charge on any atom is -0.493 e. The number of aromatic nitrogens is 1. The summed E-state index contributed by atoms with van der Waals surface area (Å²) < 4.78 is 17.7. The van der Waals surface area contributed by atoms with Gasteiger partial charge < -0.3 is 19.5 Å². The Kier molecular flexibility index (Phi) is 7.13. The Labute approximate surface area is 197 Å². The van der Waals surface area contributed by atoms with Gasteiger partial charge in [-0.15, -0.1) is 11.3 Å². The predicted octanol–water partition coefficient (Wildman–Crippen LogP) is 4.70. The lowest BCUT2D eigenvalue weighted by Gasteiger charge is -2.36. The fourth-order valence-electron chi connectivity index (χ4n) is 4.46. The highest BCUT2D eigenvalue weighted by Gasteiger charge is 2.34. The van der Waals surface area contributed by atoms with Crippen LogP contribution in [0.5, 0.6) is 11.5 Å². The highest BCUT2D eigenvalue weighted by atomic mass is 32.1. The monoisotopic (exact) mass is 468 g/mol. The second-order valence-corrected chi connectivity index (χ2v) is 9.00. The Morgan fingerprint density at radius 1 is 1.15 bits per heavy atom. The molecule has 0 aliphatic heterocycles. The van der Waals surface area contributed by atoms with Crippen molar-refractivity contribution in [3.05, 3.63) is 53.0 Å². The van der Waals surface area contributed by atoms with Crippen molar-refractivity contribution in [3.63, 3.8) is 0 Å². The Bertz CT molecular complexity index is 1140. The maximum Gasteiger partial charge on any atom is 0.302 e. The van der Waals surface area contributed by atoms with Crippen molar-refractivity contribution in [2.75, 3.05) is 13.7 Å². The first-order valence-corrected chi connectivity index (χ1v) is 12.0. The molecule has 2 unspecified atom stereocenters. The molecule has 7 nitrogen and oxygen atoms in total. The van der Waals surface area contributed by atoms with Crippen molar-refractivity contribution in [3.8, 4) is 11.5 Å². The first-order valence-electron chi connectivity index (χ1n) is 11.1. The first-order chi connectivity index (χ1) is 16.0. The van der Waals surface area contributed by atoms with E-state index in [0.717, 1.165) is 15.8 Å². The number of hydrogen-bond donors (Lipinski definition) is 1. The van der Waals surface area contributed by atoms with Crippen LogP contribution in [0.4, 0.5) is 0 Å². The van der Waals surface area contributed by atoms with Gasteiger partial charge in [-0.2, -0.15) is 0 Å². The van der Waals surface area contributed by atoms with E-state index >= 15 is 0 Å². The summed E-state index contributed by atoms with van der Waals surface area (Å²) in [5.74, 6) is 0.872. The van der Waals surface area contributed by atoms with E-state index in [-0.39, 0.29) is 29.9 Å². The molecule has 1 saturated carbocycles. The van der Waals surface area contributed by atoms with Gasteiger partial charge in [0.05, 0.1) is 29.4 Å². The van der Waals surface area contributed by atoms with Gasteiger partial charge >= 0.3 is 5.97 Å². The number of amides is 1. The summed E-state index contributed by atoms with van der Waals surface area (Å²) in [4.78, 5) is 29.0. The Balaban J connectivity index is 1.60. The molecule has 1 amide bonds. The van der Waals surface area contributed by atoms with E-state index in [2.05, 4.69) is 10.3 Å². The summed E-state index contributed by atoms with van der Waals surface area (Å²) >= 11 is 1.51. The molecule has 0 saturated heterocycles. The second-order valence-electron chi connectivity index (χ2n) is 8.11. The number of thiazole rings is 1. The topological polar surface area (TPSA) is 86.8 Å². The average molecular weight is 469 g/mol. The summed E-state index contributed by atoms with van der Waals surface area (Å²) in [6, 6.07) is 11.3. The summed E-state index contributed by atoms with van der Waals surface area (Å²) in [5.41, 5.74) is 4.29. The van der Waals surface area contributed by atoms with Gasteiger partial charge in [0.15, 0.2) is 11.5 Å². The molecule has 1 fully saturated rings. The van der Waals surface area contributed by atoms with E-state index in [1.165, 1.54) is 18.3 Å². The quantitative estimate of drug-likeness (QED) is 0.506. The molecule has 1 heterocycles. The Morgan fingerprint density at radius 3 is 2.76 bits per heavy atom. The van der Waals surface area contributed by atoms with Gasteiger partial charge in [-0.3, -0.25) is 9.59 Å². The maximum atomic E-state index is 13.1. The highest BCUT2D eigenvalue weighted by Crippen LogP contribution is 2.39. The molecule has 8 heteroatoms. The van der Waals surface area contributed by atoms with Crippen LogP contribution in [0.1, 0.15) is 54.9 Å². The van der Waals surface area contributed by atoms with Crippen LogP contribution in [-0.4, -0.2) is 42.7 Å². The highest BCUT2D eigenvalue weighted by molar-refractivity contribution is 7.16. The van der Waals surface area contributed by atoms with Crippen LogP contribution in [0, 0.1) is 0 Å². The van der Waals surface area contributed by atoms with Crippen molar-refractivity contribution >= 4 is 33.4 Å². The smallest absolute Gasteiger partial charge is 0.302 e. The zero-order valence-electron chi connectivity index (χ0n) is 19.0. The van der Waals surface area contributed by atoms with Crippen molar-refractivity contribution in [2.24, 2.45) is 0 Å². The minimum absolute atomic E-state index is 0.0377. The lowest BCUT2D eigenvalue weighted by atomic mass is 9.78. The normalized spacial score (nSPS) is 20.3. The molecule has 33 heavy (non-hydrogen) atoms. The zero-order valence-corrected chi connectivity index (χ0v) is 19.8. The molecular weight excluding hydrogens is 440 g/mol. The number of nitrogens with one attached hydrogen (secondary N) is 1. The average Bonchev–Trinajstić information content (AvgIpc) is 3.28. The number of nitrogens with zero attached hydrogens (tertiary/aromatic N) is 1. The fourth-order valence-corrected chi connectivity index (χ4v) is 5.17. The number of esters is 1. The third-order valence-corrected chi connectivity index (χ3v) is 6.75. The van der Waals surface area contributed by atoms with E-state index < -0.39 is 0 Å². The fraction of sp³-hybridized carbons (Fsp3) is 0.400. The van der Waals surface area contributed by atoms with Crippen LogP contribution in [0.2, 0.25) is 0 Å². The molecule has 1 aliphatic carbocycles. The third kappa shape index (κ3) is 5.27. The SMILES string of the molecule is CCOc1cc(C2C[C@H](OC(C)=O)CCC2NC(=O)c2ccc3ncsc3c2)ccc1OC. The van der Waals surface area contributed by atoms with Crippen LogP contribution in [0.15, 0.2) is 41.9 Å². The minimum atomic E-state index is -0.288. The summed E-state index contributed by atoms with van der Waals surface area (Å²) in [6.45, 7) is 3.87. The summed E-state index contributed by atoms with van der Waals surface area (Å²) in [5, 5.41) is 3.23. The van der Waals surface area contributed by atoms with E-state index in [9.17, 15) is 9.59 Å². The second kappa shape index (κ2) is 10.2. The molecule has 1 aromatic heterocycles. The third-order valence-electron chi connectivity index (χ3n) is 5.96. The molecule has 174 valence electrons. The van der Waals surface area contributed by atoms with Gasteiger partial charge in [0.2, 0.25) is 0 Å². The molecular formula is C25H28N2O5S. The molecule has 3 aromatic rings. The summed E-state index contributed by atoms with van der Waals surface area (Å²) in [7, 11) is 1.61. The van der Waals surface area contributed by atoms with E-state index in [1.54, 1.807) is 18.7 Å².